The predicted octanol–water partition coefficient (Wildman–Crippen LogP) is 1.75. The molecular formula is C11H20N2O2S2. The lowest BCUT2D eigenvalue weighted by Crippen LogP contribution is -2.15. The van der Waals surface area contributed by atoms with Crippen LogP contribution >= 0.6 is 11.3 Å². The van der Waals surface area contributed by atoms with Crippen molar-refractivity contribution in [3.05, 3.63) is 15.6 Å². The quantitative estimate of drug-likeness (QED) is 0.860. The molecule has 17 heavy (non-hydrogen) atoms. The summed E-state index contributed by atoms with van der Waals surface area (Å²) in [4.78, 5) is 5.56. The lowest BCUT2D eigenvalue weighted by Gasteiger charge is -2.04. The second kappa shape index (κ2) is 5.93. The first kappa shape index (κ1) is 14.6. The number of aromatic nitrogens is 1. The first-order chi connectivity index (χ1) is 7.90. The number of hydrogen-bond acceptors (Lipinski definition) is 5. The summed E-state index contributed by atoms with van der Waals surface area (Å²) in [5.41, 5.74) is 1.01. The van der Waals surface area contributed by atoms with Gasteiger partial charge in [-0.15, -0.1) is 11.3 Å². The Bertz CT molecular complexity index is 464. The van der Waals surface area contributed by atoms with Gasteiger partial charge in [-0.25, -0.2) is 13.4 Å². The fourth-order valence-corrected chi connectivity index (χ4v) is 3.85. The van der Waals surface area contributed by atoms with Crippen molar-refractivity contribution in [1.82, 2.24) is 10.3 Å². The second-order valence-electron chi connectivity index (χ2n) is 4.22. The van der Waals surface area contributed by atoms with Gasteiger partial charge in [-0.1, -0.05) is 6.92 Å². The summed E-state index contributed by atoms with van der Waals surface area (Å²) >= 11 is 1.50. The van der Waals surface area contributed by atoms with Crippen LogP contribution in [0.25, 0.3) is 0 Å². The molecule has 1 heterocycles. The van der Waals surface area contributed by atoms with Crippen LogP contribution in [0.15, 0.2) is 0 Å². The number of hydrogen-bond donors (Lipinski definition) is 1. The van der Waals surface area contributed by atoms with E-state index < -0.39 is 9.84 Å². The number of aryl methyl sites for hydroxylation is 1. The SMILES string of the molecule is CCc1nc(CS(=O)(=O)C(C)C)sc1CNC. The fourth-order valence-electron chi connectivity index (χ4n) is 1.41. The van der Waals surface area contributed by atoms with Crippen LogP contribution in [-0.2, 0) is 28.6 Å². The zero-order valence-electron chi connectivity index (χ0n) is 10.8. The summed E-state index contributed by atoms with van der Waals surface area (Å²) in [7, 11) is -1.17. The van der Waals surface area contributed by atoms with Crippen molar-refractivity contribution in [2.75, 3.05) is 7.05 Å². The van der Waals surface area contributed by atoms with Gasteiger partial charge >= 0.3 is 0 Å². The van der Waals surface area contributed by atoms with Gasteiger partial charge in [-0.05, 0) is 27.3 Å². The minimum atomic E-state index is -3.05. The van der Waals surface area contributed by atoms with Crippen LogP contribution in [-0.4, -0.2) is 25.7 Å². The lowest BCUT2D eigenvalue weighted by atomic mass is 10.3. The molecule has 0 saturated carbocycles. The molecule has 4 nitrogen and oxygen atoms in total. The van der Waals surface area contributed by atoms with Gasteiger partial charge in [0.15, 0.2) is 9.84 Å². The molecule has 0 aliphatic rings. The molecule has 0 aliphatic carbocycles. The van der Waals surface area contributed by atoms with E-state index in [1.54, 1.807) is 13.8 Å². The molecule has 1 rings (SSSR count). The summed E-state index contributed by atoms with van der Waals surface area (Å²) < 4.78 is 23.6. The third-order valence-corrected chi connectivity index (χ3v) is 5.93. The van der Waals surface area contributed by atoms with Gasteiger partial charge in [0.25, 0.3) is 0 Å². The molecule has 0 radical (unpaired) electrons. The van der Waals surface area contributed by atoms with E-state index in [2.05, 4.69) is 10.3 Å². The first-order valence-electron chi connectivity index (χ1n) is 5.74. The zero-order chi connectivity index (χ0) is 13.1. The first-order valence-corrected chi connectivity index (χ1v) is 8.27. The molecule has 0 bridgehead atoms. The topological polar surface area (TPSA) is 59.1 Å². The molecule has 1 aromatic rings. The van der Waals surface area contributed by atoms with Gasteiger partial charge in [0.05, 0.1) is 10.9 Å². The average molecular weight is 276 g/mol. The van der Waals surface area contributed by atoms with E-state index in [1.807, 2.05) is 14.0 Å². The summed E-state index contributed by atoms with van der Waals surface area (Å²) in [6.07, 6.45) is 0.842. The van der Waals surface area contributed by atoms with E-state index in [9.17, 15) is 8.42 Å². The van der Waals surface area contributed by atoms with Crippen molar-refractivity contribution >= 4 is 21.2 Å². The maximum absolute atomic E-state index is 11.8. The van der Waals surface area contributed by atoms with Gasteiger partial charge in [-0.2, -0.15) is 0 Å². The van der Waals surface area contributed by atoms with Crippen molar-refractivity contribution in [2.45, 2.75) is 44.7 Å². The number of sulfone groups is 1. The Balaban J connectivity index is 2.93. The summed E-state index contributed by atoms with van der Waals surface area (Å²) in [5, 5.41) is 3.44. The van der Waals surface area contributed by atoms with E-state index in [0.717, 1.165) is 23.5 Å². The number of thiazole rings is 1. The van der Waals surface area contributed by atoms with Crippen molar-refractivity contribution in [3.8, 4) is 0 Å². The molecule has 0 amide bonds. The standard InChI is InChI=1S/C11H20N2O2S2/c1-5-9-10(6-12-4)16-11(13-9)7-17(14,15)8(2)3/h8,12H,5-7H2,1-4H3. The molecule has 1 aromatic heterocycles. The van der Waals surface area contributed by atoms with Crippen molar-refractivity contribution in [1.29, 1.82) is 0 Å². The molecule has 0 unspecified atom stereocenters. The maximum atomic E-state index is 11.8. The van der Waals surface area contributed by atoms with E-state index in [1.165, 1.54) is 11.3 Å². The third-order valence-electron chi connectivity index (χ3n) is 2.54. The molecule has 1 N–H and O–H groups in total. The zero-order valence-corrected chi connectivity index (χ0v) is 12.4. The Morgan fingerprint density at radius 3 is 2.53 bits per heavy atom. The monoisotopic (exact) mass is 276 g/mol. The van der Waals surface area contributed by atoms with E-state index >= 15 is 0 Å². The number of rotatable bonds is 6. The van der Waals surface area contributed by atoms with E-state index in [4.69, 9.17) is 0 Å². The minimum Gasteiger partial charge on any atom is -0.315 e. The van der Waals surface area contributed by atoms with Crippen LogP contribution in [0, 0.1) is 0 Å². The molecule has 0 fully saturated rings. The maximum Gasteiger partial charge on any atom is 0.159 e. The highest BCUT2D eigenvalue weighted by molar-refractivity contribution is 7.91. The average Bonchev–Trinajstić information content (AvgIpc) is 2.60. The Kier molecular flexibility index (Phi) is 5.09. The number of nitrogens with one attached hydrogen (secondary N) is 1. The van der Waals surface area contributed by atoms with Crippen LogP contribution < -0.4 is 5.32 Å². The summed E-state index contributed by atoms with van der Waals surface area (Å²) in [6.45, 7) is 6.20. The molecule has 98 valence electrons. The normalized spacial score (nSPS) is 12.3. The van der Waals surface area contributed by atoms with Crippen LogP contribution in [0.2, 0.25) is 0 Å². The van der Waals surface area contributed by atoms with Gasteiger partial charge in [0, 0.05) is 11.4 Å². The second-order valence-corrected chi connectivity index (χ2v) is 7.94. The van der Waals surface area contributed by atoms with Crippen LogP contribution in [0.4, 0.5) is 0 Å². The molecule has 0 saturated heterocycles. The van der Waals surface area contributed by atoms with Crippen molar-refractivity contribution in [3.63, 3.8) is 0 Å². The third kappa shape index (κ3) is 3.76. The molecule has 6 heteroatoms. The Morgan fingerprint density at radius 2 is 2.06 bits per heavy atom. The van der Waals surface area contributed by atoms with Gasteiger partial charge in [0.1, 0.15) is 10.8 Å². The predicted molar refractivity (Wildman–Crippen MR) is 72.0 cm³/mol. The molecular weight excluding hydrogens is 256 g/mol. The Labute approximate surface area is 107 Å². The Hall–Kier alpha value is -0.460. The highest BCUT2D eigenvalue weighted by Gasteiger charge is 2.20. The molecule has 0 aliphatic heterocycles. The summed E-state index contributed by atoms with van der Waals surface area (Å²) in [5.74, 6) is 0.0616. The van der Waals surface area contributed by atoms with Crippen LogP contribution in [0.3, 0.4) is 0 Å². The summed E-state index contributed by atoms with van der Waals surface area (Å²) in [6, 6.07) is 0. The smallest absolute Gasteiger partial charge is 0.159 e. The van der Waals surface area contributed by atoms with Gasteiger partial charge in [0.2, 0.25) is 0 Å². The highest BCUT2D eigenvalue weighted by Crippen LogP contribution is 2.22. The van der Waals surface area contributed by atoms with Crippen molar-refractivity contribution in [2.24, 2.45) is 0 Å². The molecule has 0 spiro atoms. The minimum absolute atomic E-state index is 0.0616. The number of nitrogens with zero attached hydrogens (tertiary/aromatic N) is 1. The van der Waals surface area contributed by atoms with Crippen LogP contribution in [0.5, 0.6) is 0 Å². The van der Waals surface area contributed by atoms with Gasteiger partial charge in [-0.3, -0.25) is 0 Å². The molecule has 0 atom stereocenters. The van der Waals surface area contributed by atoms with E-state index in [0.29, 0.717) is 5.01 Å². The van der Waals surface area contributed by atoms with Gasteiger partial charge < -0.3 is 5.32 Å². The van der Waals surface area contributed by atoms with Crippen molar-refractivity contribution < 1.29 is 8.42 Å². The fraction of sp³-hybridized carbons (Fsp3) is 0.727. The highest BCUT2D eigenvalue weighted by atomic mass is 32.2. The lowest BCUT2D eigenvalue weighted by molar-refractivity contribution is 0.586. The van der Waals surface area contributed by atoms with Crippen LogP contribution in [0.1, 0.15) is 36.3 Å². The molecule has 0 aromatic carbocycles. The largest absolute Gasteiger partial charge is 0.315 e. The van der Waals surface area contributed by atoms with E-state index in [-0.39, 0.29) is 11.0 Å². The Morgan fingerprint density at radius 1 is 1.41 bits per heavy atom.